The van der Waals surface area contributed by atoms with Crippen molar-refractivity contribution in [2.45, 2.75) is 32.1 Å². The topological polar surface area (TPSA) is 26.3 Å². The third kappa shape index (κ3) is 2.84. The van der Waals surface area contributed by atoms with Crippen LogP contribution in [-0.4, -0.2) is 12.9 Å². The van der Waals surface area contributed by atoms with Gasteiger partial charge in [-0.1, -0.05) is 12.1 Å². The molecule has 1 aliphatic rings. The maximum absolute atomic E-state index is 11.4. The van der Waals surface area contributed by atoms with Crippen molar-refractivity contribution in [3.05, 3.63) is 29.8 Å². The zero-order valence-corrected chi connectivity index (χ0v) is 9.74. The first kappa shape index (κ1) is 11.2. The molecule has 2 rings (SSSR count). The van der Waals surface area contributed by atoms with Gasteiger partial charge in [-0.05, 0) is 42.9 Å². The van der Waals surface area contributed by atoms with Gasteiger partial charge in [0.1, 0.15) is 11.5 Å². The van der Waals surface area contributed by atoms with E-state index >= 15 is 0 Å². The Hall–Kier alpha value is -1.31. The molecular formula is C14H18O2. The second kappa shape index (κ2) is 5.15. The molecule has 2 nitrogen and oxygen atoms in total. The number of ketones is 1. The lowest BCUT2D eigenvalue weighted by atomic mass is 9.84. The maximum Gasteiger partial charge on any atom is 0.133 e. The number of Topliss-reactive ketones (excluding diaryl/α,β-unsaturated/α-hetero) is 1. The van der Waals surface area contributed by atoms with Crippen LogP contribution in [-0.2, 0) is 11.2 Å². The van der Waals surface area contributed by atoms with Gasteiger partial charge in [-0.3, -0.25) is 4.79 Å². The van der Waals surface area contributed by atoms with Gasteiger partial charge in [-0.2, -0.15) is 0 Å². The van der Waals surface area contributed by atoms with E-state index in [1.165, 1.54) is 12.0 Å². The molecule has 0 bridgehead atoms. The Morgan fingerprint density at radius 1 is 1.44 bits per heavy atom. The van der Waals surface area contributed by atoms with Crippen LogP contribution < -0.4 is 4.74 Å². The molecule has 0 spiro atoms. The summed E-state index contributed by atoms with van der Waals surface area (Å²) in [5.74, 6) is 1.87. The quantitative estimate of drug-likeness (QED) is 0.779. The van der Waals surface area contributed by atoms with Gasteiger partial charge in [0.15, 0.2) is 0 Å². The molecule has 0 heterocycles. The second-order valence-electron chi connectivity index (χ2n) is 4.56. The molecule has 2 heteroatoms. The Bertz CT molecular complexity index is 371. The maximum atomic E-state index is 11.4. The minimum Gasteiger partial charge on any atom is -0.497 e. The molecule has 0 radical (unpaired) electrons. The highest BCUT2D eigenvalue weighted by Gasteiger charge is 2.19. The first-order valence-electron chi connectivity index (χ1n) is 5.92. The van der Waals surface area contributed by atoms with Crippen LogP contribution >= 0.6 is 0 Å². The third-order valence-electron chi connectivity index (χ3n) is 3.24. The lowest BCUT2D eigenvalue weighted by molar-refractivity contribution is -0.121. The smallest absolute Gasteiger partial charge is 0.133 e. The van der Waals surface area contributed by atoms with Crippen LogP contribution in [0.4, 0.5) is 0 Å². The highest BCUT2D eigenvalue weighted by molar-refractivity contribution is 5.79. The van der Waals surface area contributed by atoms with E-state index in [0.29, 0.717) is 11.7 Å². The zero-order chi connectivity index (χ0) is 11.4. The van der Waals surface area contributed by atoms with Gasteiger partial charge in [0, 0.05) is 12.8 Å². The van der Waals surface area contributed by atoms with Gasteiger partial charge >= 0.3 is 0 Å². The van der Waals surface area contributed by atoms with Crippen LogP contribution in [0, 0.1) is 5.92 Å². The van der Waals surface area contributed by atoms with E-state index in [9.17, 15) is 4.79 Å². The summed E-state index contributed by atoms with van der Waals surface area (Å²) >= 11 is 0. The summed E-state index contributed by atoms with van der Waals surface area (Å²) in [4.78, 5) is 11.4. The molecule has 0 amide bonds. The molecule has 1 aromatic rings. The Labute approximate surface area is 96.6 Å². The number of carbonyl (C=O) groups excluding carboxylic acids is 1. The van der Waals surface area contributed by atoms with Gasteiger partial charge in [0.05, 0.1) is 7.11 Å². The molecule has 1 saturated carbocycles. The normalized spacial score (nSPS) is 20.8. The van der Waals surface area contributed by atoms with Gasteiger partial charge < -0.3 is 4.74 Å². The van der Waals surface area contributed by atoms with Crippen LogP contribution in [0.2, 0.25) is 0 Å². The number of methoxy groups -OCH3 is 1. The lowest BCUT2D eigenvalue weighted by Gasteiger charge is -2.20. The summed E-state index contributed by atoms with van der Waals surface area (Å²) in [6.07, 6.45) is 4.80. The van der Waals surface area contributed by atoms with Gasteiger partial charge in [0.25, 0.3) is 0 Å². The van der Waals surface area contributed by atoms with E-state index in [-0.39, 0.29) is 0 Å². The predicted octanol–water partition coefficient (Wildman–Crippen LogP) is 3.00. The van der Waals surface area contributed by atoms with Crippen molar-refractivity contribution in [1.82, 2.24) is 0 Å². The van der Waals surface area contributed by atoms with E-state index in [2.05, 4.69) is 12.1 Å². The summed E-state index contributed by atoms with van der Waals surface area (Å²) in [6, 6.07) is 8.15. The summed E-state index contributed by atoms with van der Waals surface area (Å²) in [5, 5.41) is 0. The molecule has 1 fully saturated rings. The van der Waals surface area contributed by atoms with E-state index in [1.807, 2.05) is 12.1 Å². The Morgan fingerprint density at radius 3 is 3.06 bits per heavy atom. The molecule has 1 atom stereocenters. The molecular weight excluding hydrogens is 200 g/mol. The van der Waals surface area contributed by atoms with Crippen LogP contribution in [0.1, 0.15) is 31.2 Å². The third-order valence-corrected chi connectivity index (χ3v) is 3.24. The second-order valence-corrected chi connectivity index (χ2v) is 4.56. The summed E-state index contributed by atoms with van der Waals surface area (Å²) in [7, 11) is 1.68. The minimum atomic E-state index is 0.430. The molecule has 0 aliphatic heterocycles. The number of rotatable bonds is 3. The molecule has 1 aromatic carbocycles. The molecule has 16 heavy (non-hydrogen) atoms. The predicted molar refractivity (Wildman–Crippen MR) is 63.7 cm³/mol. The van der Waals surface area contributed by atoms with E-state index in [4.69, 9.17) is 4.74 Å². The van der Waals surface area contributed by atoms with Crippen molar-refractivity contribution in [2.24, 2.45) is 5.92 Å². The highest BCUT2D eigenvalue weighted by Crippen LogP contribution is 2.26. The Morgan fingerprint density at radius 2 is 2.31 bits per heavy atom. The molecule has 0 unspecified atom stereocenters. The van der Waals surface area contributed by atoms with Crippen molar-refractivity contribution in [1.29, 1.82) is 0 Å². The average Bonchev–Trinajstić information content (AvgIpc) is 2.29. The number of ether oxygens (including phenoxy) is 1. The monoisotopic (exact) mass is 218 g/mol. The number of benzene rings is 1. The van der Waals surface area contributed by atoms with Crippen LogP contribution in [0.15, 0.2) is 24.3 Å². The van der Waals surface area contributed by atoms with Gasteiger partial charge in [-0.15, -0.1) is 0 Å². The fourth-order valence-corrected chi connectivity index (χ4v) is 2.42. The fraction of sp³-hybridized carbons (Fsp3) is 0.500. The van der Waals surface area contributed by atoms with E-state index in [0.717, 1.165) is 31.4 Å². The van der Waals surface area contributed by atoms with Crippen molar-refractivity contribution >= 4 is 5.78 Å². The van der Waals surface area contributed by atoms with Crippen LogP contribution in [0.5, 0.6) is 5.75 Å². The average molecular weight is 218 g/mol. The Balaban J connectivity index is 1.99. The van der Waals surface area contributed by atoms with Crippen molar-refractivity contribution in [2.75, 3.05) is 7.11 Å². The largest absolute Gasteiger partial charge is 0.497 e. The summed E-state index contributed by atoms with van der Waals surface area (Å²) in [6.45, 7) is 0. The highest BCUT2D eigenvalue weighted by atomic mass is 16.5. The van der Waals surface area contributed by atoms with Crippen molar-refractivity contribution in [3.8, 4) is 5.75 Å². The summed E-state index contributed by atoms with van der Waals surface area (Å²) in [5.41, 5.74) is 1.28. The van der Waals surface area contributed by atoms with Crippen molar-refractivity contribution in [3.63, 3.8) is 0 Å². The Kier molecular flexibility index (Phi) is 3.60. The molecule has 0 aromatic heterocycles. The first-order valence-corrected chi connectivity index (χ1v) is 5.92. The molecule has 86 valence electrons. The molecule has 1 aliphatic carbocycles. The fourth-order valence-electron chi connectivity index (χ4n) is 2.42. The van der Waals surface area contributed by atoms with E-state index in [1.54, 1.807) is 7.11 Å². The SMILES string of the molecule is COc1cccc(C[C@H]2CCCC(=O)C2)c1. The van der Waals surface area contributed by atoms with Gasteiger partial charge in [-0.25, -0.2) is 0 Å². The van der Waals surface area contributed by atoms with E-state index < -0.39 is 0 Å². The minimum absolute atomic E-state index is 0.430. The number of hydrogen-bond donors (Lipinski definition) is 0. The number of hydrogen-bond acceptors (Lipinski definition) is 2. The van der Waals surface area contributed by atoms with Gasteiger partial charge in [0.2, 0.25) is 0 Å². The lowest BCUT2D eigenvalue weighted by Crippen LogP contribution is -2.16. The molecule has 0 N–H and O–H groups in total. The standard InChI is InChI=1S/C14H18O2/c1-16-14-7-3-5-12(10-14)8-11-4-2-6-13(15)9-11/h3,5,7,10-11H,2,4,6,8-9H2,1H3/t11-/m1/s1. The van der Waals surface area contributed by atoms with Crippen LogP contribution in [0.3, 0.4) is 0 Å². The first-order chi connectivity index (χ1) is 7.78. The van der Waals surface area contributed by atoms with Crippen molar-refractivity contribution < 1.29 is 9.53 Å². The summed E-state index contributed by atoms with van der Waals surface area (Å²) < 4.78 is 5.20. The number of carbonyl (C=O) groups is 1. The zero-order valence-electron chi connectivity index (χ0n) is 9.74. The van der Waals surface area contributed by atoms with Crippen LogP contribution in [0.25, 0.3) is 0 Å². The molecule has 0 saturated heterocycles.